The molecule has 5 heteroatoms. The quantitative estimate of drug-likeness (QED) is 0.830. The van der Waals surface area contributed by atoms with E-state index in [1.54, 1.807) is 7.11 Å². The van der Waals surface area contributed by atoms with Gasteiger partial charge in [0.15, 0.2) is 11.5 Å². The van der Waals surface area contributed by atoms with Crippen LogP contribution in [-0.4, -0.2) is 26.9 Å². The summed E-state index contributed by atoms with van der Waals surface area (Å²) in [6.45, 7) is 5.64. The molecule has 0 saturated heterocycles. The first-order valence-electron chi connectivity index (χ1n) is 5.93. The molecular weight excluding hydrogens is 254 g/mol. The van der Waals surface area contributed by atoms with E-state index in [4.69, 9.17) is 19.9 Å². The van der Waals surface area contributed by atoms with E-state index in [1.165, 1.54) is 0 Å². The number of halogens is 1. The highest BCUT2D eigenvalue weighted by Crippen LogP contribution is 2.38. The maximum atomic E-state index is 5.57. The van der Waals surface area contributed by atoms with Crippen LogP contribution in [-0.2, 0) is 6.42 Å². The molecule has 0 aliphatic rings. The summed E-state index contributed by atoms with van der Waals surface area (Å²) in [7, 11) is 1.62. The number of ether oxygens (including phenoxy) is 3. The maximum Gasteiger partial charge on any atom is 0.203 e. The van der Waals surface area contributed by atoms with E-state index in [1.807, 2.05) is 26.0 Å². The highest BCUT2D eigenvalue weighted by Gasteiger charge is 2.13. The molecule has 0 atom stereocenters. The Labute approximate surface area is 115 Å². The second-order valence-corrected chi connectivity index (χ2v) is 3.53. The Kier molecular flexibility index (Phi) is 8.33. The SMILES string of the molecule is CCOc1cc(CCN)cc(OC)c1OCC.Cl. The molecule has 1 aromatic carbocycles. The standard InChI is InChI=1S/C13H21NO3.ClH/c1-4-16-12-9-10(6-7-14)8-11(15-3)13(12)17-5-2;/h8-9H,4-7,14H2,1-3H3;1H. The van der Waals surface area contributed by atoms with Gasteiger partial charge in [0.25, 0.3) is 0 Å². The first-order valence-corrected chi connectivity index (χ1v) is 5.93. The number of rotatable bonds is 7. The Morgan fingerprint density at radius 3 is 2.17 bits per heavy atom. The lowest BCUT2D eigenvalue weighted by Gasteiger charge is -2.16. The van der Waals surface area contributed by atoms with Crippen molar-refractivity contribution in [2.24, 2.45) is 5.73 Å². The molecule has 0 heterocycles. The van der Waals surface area contributed by atoms with E-state index in [-0.39, 0.29) is 12.4 Å². The molecule has 18 heavy (non-hydrogen) atoms. The van der Waals surface area contributed by atoms with Crippen molar-refractivity contribution in [1.29, 1.82) is 0 Å². The lowest BCUT2D eigenvalue weighted by atomic mass is 10.1. The zero-order valence-corrected chi connectivity index (χ0v) is 12.0. The van der Waals surface area contributed by atoms with Crippen molar-refractivity contribution in [2.75, 3.05) is 26.9 Å². The highest BCUT2D eigenvalue weighted by molar-refractivity contribution is 5.85. The van der Waals surface area contributed by atoms with Gasteiger partial charge in [-0.1, -0.05) is 0 Å². The van der Waals surface area contributed by atoms with Gasteiger partial charge in [-0.15, -0.1) is 12.4 Å². The van der Waals surface area contributed by atoms with Crippen LogP contribution in [0.1, 0.15) is 19.4 Å². The van der Waals surface area contributed by atoms with E-state index in [0.717, 1.165) is 17.7 Å². The van der Waals surface area contributed by atoms with Crippen LogP contribution in [0.15, 0.2) is 12.1 Å². The van der Waals surface area contributed by atoms with Gasteiger partial charge in [-0.05, 0) is 44.5 Å². The molecule has 4 nitrogen and oxygen atoms in total. The van der Waals surface area contributed by atoms with Gasteiger partial charge in [0.1, 0.15) is 0 Å². The van der Waals surface area contributed by atoms with Crippen molar-refractivity contribution in [3.8, 4) is 17.2 Å². The van der Waals surface area contributed by atoms with E-state index in [2.05, 4.69) is 0 Å². The Bertz CT molecular complexity index is 358. The van der Waals surface area contributed by atoms with Crippen molar-refractivity contribution in [3.63, 3.8) is 0 Å². The summed E-state index contributed by atoms with van der Waals surface area (Å²) in [6.07, 6.45) is 0.794. The molecule has 0 aromatic heterocycles. The lowest BCUT2D eigenvalue weighted by Crippen LogP contribution is -2.05. The third-order valence-corrected chi connectivity index (χ3v) is 2.32. The molecular formula is C13H22ClNO3. The van der Waals surface area contributed by atoms with Crippen LogP contribution in [0.2, 0.25) is 0 Å². The largest absolute Gasteiger partial charge is 0.493 e. The predicted octanol–water partition coefficient (Wildman–Crippen LogP) is 2.42. The van der Waals surface area contributed by atoms with E-state index in [0.29, 0.717) is 31.3 Å². The van der Waals surface area contributed by atoms with Crippen LogP contribution in [0.4, 0.5) is 0 Å². The van der Waals surface area contributed by atoms with Gasteiger partial charge in [0, 0.05) is 0 Å². The molecule has 0 amide bonds. The van der Waals surface area contributed by atoms with Crippen LogP contribution >= 0.6 is 12.4 Å². The van der Waals surface area contributed by atoms with Crippen LogP contribution in [0, 0.1) is 0 Å². The van der Waals surface area contributed by atoms with Crippen molar-refractivity contribution < 1.29 is 14.2 Å². The first kappa shape index (κ1) is 16.9. The Morgan fingerprint density at radius 1 is 1.06 bits per heavy atom. The minimum atomic E-state index is 0. The Hall–Kier alpha value is -1.13. The predicted molar refractivity (Wildman–Crippen MR) is 75.3 cm³/mol. The van der Waals surface area contributed by atoms with Gasteiger partial charge >= 0.3 is 0 Å². The van der Waals surface area contributed by atoms with Gasteiger partial charge in [0.2, 0.25) is 5.75 Å². The lowest BCUT2D eigenvalue weighted by molar-refractivity contribution is 0.271. The Balaban J connectivity index is 0.00000289. The van der Waals surface area contributed by atoms with Crippen LogP contribution in [0.3, 0.4) is 0 Å². The molecule has 1 rings (SSSR count). The van der Waals surface area contributed by atoms with Gasteiger partial charge in [-0.3, -0.25) is 0 Å². The van der Waals surface area contributed by atoms with Crippen molar-refractivity contribution in [2.45, 2.75) is 20.3 Å². The number of hydrogen-bond donors (Lipinski definition) is 1. The average Bonchev–Trinajstić information content (AvgIpc) is 2.33. The average molecular weight is 276 g/mol. The van der Waals surface area contributed by atoms with Gasteiger partial charge in [-0.2, -0.15) is 0 Å². The van der Waals surface area contributed by atoms with E-state index in [9.17, 15) is 0 Å². The number of benzene rings is 1. The molecule has 0 bridgehead atoms. The van der Waals surface area contributed by atoms with Crippen molar-refractivity contribution >= 4 is 12.4 Å². The molecule has 0 aliphatic carbocycles. The molecule has 0 aliphatic heterocycles. The molecule has 0 saturated carbocycles. The Morgan fingerprint density at radius 2 is 1.67 bits per heavy atom. The fourth-order valence-electron chi connectivity index (χ4n) is 1.64. The number of hydrogen-bond acceptors (Lipinski definition) is 4. The van der Waals surface area contributed by atoms with Gasteiger partial charge in [0.05, 0.1) is 20.3 Å². The summed E-state index contributed by atoms with van der Waals surface area (Å²) in [5, 5.41) is 0. The van der Waals surface area contributed by atoms with Crippen LogP contribution in [0.25, 0.3) is 0 Å². The van der Waals surface area contributed by atoms with E-state index < -0.39 is 0 Å². The summed E-state index contributed by atoms with van der Waals surface area (Å²) < 4.78 is 16.5. The van der Waals surface area contributed by atoms with Gasteiger partial charge in [-0.25, -0.2) is 0 Å². The highest BCUT2D eigenvalue weighted by atomic mass is 35.5. The smallest absolute Gasteiger partial charge is 0.203 e. The summed E-state index contributed by atoms with van der Waals surface area (Å²) in [5.74, 6) is 2.08. The topological polar surface area (TPSA) is 53.7 Å². The molecule has 1 aromatic rings. The zero-order valence-electron chi connectivity index (χ0n) is 11.2. The summed E-state index contributed by atoms with van der Waals surface area (Å²) >= 11 is 0. The van der Waals surface area contributed by atoms with E-state index >= 15 is 0 Å². The normalized spacial score (nSPS) is 9.56. The molecule has 0 fully saturated rings. The molecule has 104 valence electrons. The second kappa shape index (κ2) is 8.89. The monoisotopic (exact) mass is 275 g/mol. The fourth-order valence-corrected chi connectivity index (χ4v) is 1.64. The molecule has 0 unspecified atom stereocenters. The number of nitrogens with two attached hydrogens (primary N) is 1. The summed E-state index contributed by atoms with van der Waals surface area (Å²) in [5.41, 5.74) is 6.65. The van der Waals surface area contributed by atoms with Crippen LogP contribution in [0.5, 0.6) is 17.2 Å². The first-order chi connectivity index (χ1) is 8.26. The van der Waals surface area contributed by atoms with Crippen molar-refractivity contribution in [3.05, 3.63) is 17.7 Å². The third-order valence-electron chi connectivity index (χ3n) is 2.32. The van der Waals surface area contributed by atoms with Crippen LogP contribution < -0.4 is 19.9 Å². The zero-order chi connectivity index (χ0) is 12.7. The number of methoxy groups -OCH3 is 1. The molecule has 0 spiro atoms. The third kappa shape index (κ3) is 4.27. The molecule has 0 radical (unpaired) electrons. The van der Waals surface area contributed by atoms with Gasteiger partial charge < -0.3 is 19.9 Å². The van der Waals surface area contributed by atoms with Crippen molar-refractivity contribution in [1.82, 2.24) is 0 Å². The minimum absolute atomic E-state index is 0. The molecule has 2 N–H and O–H groups in total. The fraction of sp³-hybridized carbons (Fsp3) is 0.538. The maximum absolute atomic E-state index is 5.57. The second-order valence-electron chi connectivity index (χ2n) is 3.53. The minimum Gasteiger partial charge on any atom is -0.493 e. The summed E-state index contributed by atoms with van der Waals surface area (Å²) in [4.78, 5) is 0. The summed E-state index contributed by atoms with van der Waals surface area (Å²) in [6, 6.07) is 3.91.